The molecular weight excluding hydrogens is 312 g/mol. The molecule has 2 aromatic rings. The average molecular weight is 338 g/mol. The molecule has 2 rings (SSSR count). The van der Waals surface area contributed by atoms with E-state index in [4.69, 9.17) is 0 Å². The first kappa shape index (κ1) is 18.7. The third-order valence-electron chi connectivity index (χ3n) is 4.18. The zero-order valence-corrected chi connectivity index (χ0v) is 15.3. The molecule has 0 aliphatic heterocycles. The number of carbonyl (C=O) groups is 2. The van der Waals surface area contributed by atoms with Gasteiger partial charge in [0, 0.05) is 23.4 Å². The van der Waals surface area contributed by atoms with Crippen molar-refractivity contribution in [1.29, 1.82) is 0 Å². The third kappa shape index (κ3) is 5.45. The molecule has 0 aliphatic rings. The van der Waals surface area contributed by atoms with E-state index < -0.39 is 0 Å². The van der Waals surface area contributed by atoms with Gasteiger partial charge in [-0.3, -0.25) is 9.59 Å². The second-order valence-electron chi connectivity index (χ2n) is 6.77. The summed E-state index contributed by atoms with van der Waals surface area (Å²) in [6, 6.07) is 12.5. The zero-order valence-electron chi connectivity index (χ0n) is 15.3. The van der Waals surface area contributed by atoms with Gasteiger partial charge in [-0.05, 0) is 73.7 Å². The Bertz CT molecular complexity index is 749. The number of aryl methyl sites for hydroxylation is 2. The predicted octanol–water partition coefficient (Wildman–Crippen LogP) is 4.33. The van der Waals surface area contributed by atoms with Crippen molar-refractivity contribution >= 4 is 17.5 Å². The average Bonchev–Trinajstić information content (AvgIpc) is 2.58. The highest BCUT2D eigenvalue weighted by atomic mass is 16.2. The van der Waals surface area contributed by atoms with Crippen LogP contribution in [0, 0.1) is 19.8 Å². The maximum Gasteiger partial charge on any atom is 0.255 e. The summed E-state index contributed by atoms with van der Waals surface area (Å²) in [5, 5.41) is 5.77. The Kier molecular flexibility index (Phi) is 6.34. The first-order chi connectivity index (χ1) is 11.9. The molecular formula is C21H26N2O2. The van der Waals surface area contributed by atoms with Crippen LogP contribution in [0.4, 0.5) is 5.69 Å². The molecule has 0 saturated carbocycles. The van der Waals surface area contributed by atoms with Gasteiger partial charge in [0.05, 0.1) is 0 Å². The molecule has 0 unspecified atom stereocenters. The summed E-state index contributed by atoms with van der Waals surface area (Å²) in [6.45, 7) is 8.94. The van der Waals surface area contributed by atoms with E-state index in [-0.39, 0.29) is 11.8 Å². The van der Waals surface area contributed by atoms with Gasteiger partial charge in [-0.25, -0.2) is 0 Å². The Labute approximate surface area is 149 Å². The number of anilines is 1. The predicted molar refractivity (Wildman–Crippen MR) is 102 cm³/mol. The molecule has 0 spiro atoms. The van der Waals surface area contributed by atoms with Crippen molar-refractivity contribution in [2.75, 3.05) is 11.9 Å². The fraction of sp³-hybridized carbons (Fsp3) is 0.333. The molecule has 2 amide bonds. The van der Waals surface area contributed by atoms with E-state index in [1.54, 1.807) is 24.3 Å². The molecule has 4 nitrogen and oxygen atoms in total. The van der Waals surface area contributed by atoms with Crippen LogP contribution >= 0.6 is 0 Å². The fourth-order valence-electron chi connectivity index (χ4n) is 2.37. The van der Waals surface area contributed by atoms with Crippen LogP contribution < -0.4 is 10.6 Å². The van der Waals surface area contributed by atoms with E-state index in [0.29, 0.717) is 23.6 Å². The summed E-state index contributed by atoms with van der Waals surface area (Å²) in [5.74, 6) is 0.258. The summed E-state index contributed by atoms with van der Waals surface area (Å²) in [4.78, 5) is 24.4. The Morgan fingerprint density at radius 2 is 1.48 bits per heavy atom. The van der Waals surface area contributed by atoms with Crippen LogP contribution in [0.5, 0.6) is 0 Å². The lowest BCUT2D eigenvalue weighted by atomic mass is 10.1. The number of hydrogen-bond acceptors (Lipinski definition) is 2. The standard InChI is InChI=1S/C21H26N2O2/c1-14(2)11-12-22-20(24)17-6-8-18(9-7-17)21(25)23-19-10-5-15(3)16(4)13-19/h5-10,13-14H,11-12H2,1-4H3,(H,22,24)(H,23,25). The van der Waals surface area contributed by atoms with Gasteiger partial charge in [-0.1, -0.05) is 19.9 Å². The number of nitrogens with one attached hydrogen (secondary N) is 2. The first-order valence-corrected chi connectivity index (χ1v) is 8.63. The maximum atomic E-state index is 12.3. The van der Waals surface area contributed by atoms with Crippen molar-refractivity contribution in [3.05, 3.63) is 64.7 Å². The molecule has 0 fully saturated rings. The van der Waals surface area contributed by atoms with Crippen molar-refractivity contribution in [2.45, 2.75) is 34.1 Å². The molecule has 0 atom stereocenters. The molecule has 0 heterocycles. The number of amides is 2. The fourth-order valence-corrected chi connectivity index (χ4v) is 2.37. The molecule has 25 heavy (non-hydrogen) atoms. The number of rotatable bonds is 6. The second-order valence-corrected chi connectivity index (χ2v) is 6.77. The zero-order chi connectivity index (χ0) is 18.4. The number of carbonyl (C=O) groups excluding carboxylic acids is 2. The van der Waals surface area contributed by atoms with Crippen LogP contribution in [-0.4, -0.2) is 18.4 Å². The highest BCUT2D eigenvalue weighted by Crippen LogP contribution is 2.15. The Morgan fingerprint density at radius 1 is 0.880 bits per heavy atom. The summed E-state index contributed by atoms with van der Waals surface area (Å²) in [6.07, 6.45) is 0.947. The normalized spacial score (nSPS) is 10.6. The van der Waals surface area contributed by atoms with Crippen molar-refractivity contribution in [2.24, 2.45) is 5.92 Å². The van der Waals surface area contributed by atoms with Crippen molar-refractivity contribution in [1.82, 2.24) is 5.32 Å². The molecule has 0 bridgehead atoms. The highest BCUT2D eigenvalue weighted by molar-refractivity contribution is 6.05. The molecule has 0 radical (unpaired) electrons. The van der Waals surface area contributed by atoms with E-state index >= 15 is 0 Å². The summed E-state index contributed by atoms with van der Waals surface area (Å²) >= 11 is 0. The summed E-state index contributed by atoms with van der Waals surface area (Å²) in [5.41, 5.74) is 4.17. The van der Waals surface area contributed by atoms with E-state index in [2.05, 4.69) is 24.5 Å². The molecule has 0 aromatic heterocycles. The molecule has 2 N–H and O–H groups in total. The van der Waals surface area contributed by atoms with Crippen LogP contribution in [0.2, 0.25) is 0 Å². The van der Waals surface area contributed by atoms with Crippen molar-refractivity contribution in [3.8, 4) is 0 Å². The smallest absolute Gasteiger partial charge is 0.255 e. The van der Waals surface area contributed by atoms with Gasteiger partial charge in [0.2, 0.25) is 0 Å². The SMILES string of the molecule is Cc1ccc(NC(=O)c2ccc(C(=O)NCCC(C)C)cc2)cc1C. The minimum absolute atomic E-state index is 0.109. The largest absolute Gasteiger partial charge is 0.352 e. The van der Waals surface area contributed by atoms with Gasteiger partial charge < -0.3 is 10.6 Å². The minimum Gasteiger partial charge on any atom is -0.352 e. The summed E-state index contributed by atoms with van der Waals surface area (Å²) < 4.78 is 0. The molecule has 4 heteroatoms. The molecule has 0 aliphatic carbocycles. The van der Waals surface area contributed by atoms with Gasteiger partial charge in [-0.15, -0.1) is 0 Å². The lowest BCUT2D eigenvalue weighted by molar-refractivity contribution is 0.0950. The van der Waals surface area contributed by atoms with E-state index in [1.165, 1.54) is 5.56 Å². The minimum atomic E-state index is -0.185. The van der Waals surface area contributed by atoms with Crippen LogP contribution in [-0.2, 0) is 0 Å². The Morgan fingerprint density at radius 3 is 2.04 bits per heavy atom. The van der Waals surface area contributed by atoms with E-state index in [0.717, 1.165) is 17.7 Å². The Balaban J connectivity index is 1.97. The lowest BCUT2D eigenvalue weighted by Gasteiger charge is -2.09. The third-order valence-corrected chi connectivity index (χ3v) is 4.18. The van der Waals surface area contributed by atoms with E-state index in [1.807, 2.05) is 32.0 Å². The Hall–Kier alpha value is -2.62. The van der Waals surface area contributed by atoms with Gasteiger partial charge in [0.1, 0.15) is 0 Å². The van der Waals surface area contributed by atoms with E-state index in [9.17, 15) is 9.59 Å². The maximum absolute atomic E-state index is 12.3. The van der Waals surface area contributed by atoms with Gasteiger partial charge in [0.15, 0.2) is 0 Å². The van der Waals surface area contributed by atoms with Crippen molar-refractivity contribution < 1.29 is 9.59 Å². The number of hydrogen-bond donors (Lipinski definition) is 2. The van der Waals surface area contributed by atoms with Crippen LogP contribution in [0.25, 0.3) is 0 Å². The molecule has 2 aromatic carbocycles. The van der Waals surface area contributed by atoms with Crippen LogP contribution in [0.15, 0.2) is 42.5 Å². The summed E-state index contributed by atoms with van der Waals surface area (Å²) in [7, 11) is 0. The lowest BCUT2D eigenvalue weighted by Crippen LogP contribution is -2.25. The molecule has 132 valence electrons. The van der Waals surface area contributed by atoms with Crippen LogP contribution in [0.3, 0.4) is 0 Å². The number of benzene rings is 2. The quantitative estimate of drug-likeness (QED) is 0.823. The van der Waals surface area contributed by atoms with Crippen molar-refractivity contribution in [3.63, 3.8) is 0 Å². The van der Waals surface area contributed by atoms with Gasteiger partial charge in [-0.2, -0.15) is 0 Å². The van der Waals surface area contributed by atoms with Gasteiger partial charge in [0.25, 0.3) is 11.8 Å². The molecule has 0 saturated heterocycles. The highest BCUT2D eigenvalue weighted by Gasteiger charge is 2.09. The second kappa shape index (κ2) is 8.47. The van der Waals surface area contributed by atoms with Gasteiger partial charge >= 0.3 is 0 Å². The van der Waals surface area contributed by atoms with Crippen LogP contribution in [0.1, 0.15) is 52.1 Å². The topological polar surface area (TPSA) is 58.2 Å². The monoisotopic (exact) mass is 338 g/mol. The first-order valence-electron chi connectivity index (χ1n) is 8.63.